The highest BCUT2D eigenvalue weighted by atomic mass is 16.5. The molecule has 2 aliphatic rings. The van der Waals surface area contributed by atoms with E-state index in [-0.39, 0.29) is 11.8 Å². The van der Waals surface area contributed by atoms with Crippen LogP contribution in [0.5, 0.6) is 0 Å². The summed E-state index contributed by atoms with van der Waals surface area (Å²) in [7, 11) is 1.84. The van der Waals surface area contributed by atoms with Crippen LogP contribution in [0.2, 0.25) is 0 Å². The average Bonchev–Trinajstić information content (AvgIpc) is 3.07. The second kappa shape index (κ2) is 6.87. The molecule has 0 bridgehead atoms. The van der Waals surface area contributed by atoms with E-state index >= 15 is 0 Å². The summed E-state index contributed by atoms with van der Waals surface area (Å²) < 4.78 is 7.06. The number of aryl methyl sites for hydroxylation is 1. The van der Waals surface area contributed by atoms with Crippen LogP contribution in [0.4, 0.5) is 0 Å². The van der Waals surface area contributed by atoms with Gasteiger partial charge in [-0.15, -0.1) is 0 Å². The number of rotatable bonds is 2. The summed E-state index contributed by atoms with van der Waals surface area (Å²) in [6.45, 7) is 3.05. The van der Waals surface area contributed by atoms with Crippen molar-refractivity contribution < 1.29 is 14.3 Å². The van der Waals surface area contributed by atoms with Gasteiger partial charge in [-0.3, -0.25) is 19.3 Å². The lowest BCUT2D eigenvalue weighted by atomic mass is 9.94. The molecule has 8 heteroatoms. The summed E-state index contributed by atoms with van der Waals surface area (Å²) in [6, 6.07) is 3.39. The number of carbonyl (C=O) groups excluding carboxylic acids is 2. The second-order valence-electron chi connectivity index (χ2n) is 6.63. The smallest absolute Gasteiger partial charge is 0.254 e. The van der Waals surface area contributed by atoms with Gasteiger partial charge in [0.05, 0.1) is 18.9 Å². The number of pyridine rings is 1. The van der Waals surface area contributed by atoms with Crippen molar-refractivity contribution in [1.82, 2.24) is 24.6 Å². The maximum atomic E-state index is 13.1. The quantitative estimate of drug-likeness (QED) is 0.780. The largest absolute Gasteiger partial charge is 0.378 e. The molecule has 2 amide bonds. The number of carbonyl (C=O) groups is 2. The molecule has 2 aromatic heterocycles. The first-order valence-electron chi connectivity index (χ1n) is 8.71. The van der Waals surface area contributed by atoms with Gasteiger partial charge in [0.15, 0.2) is 0 Å². The second-order valence-corrected chi connectivity index (χ2v) is 6.63. The molecule has 1 atom stereocenters. The lowest BCUT2D eigenvalue weighted by Crippen LogP contribution is -2.48. The topological polar surface area (TPSA) is 80.6 Å². The molecule has 1 unspecified atom stereocenters. The first-order valence-corrected chi connectivity index (χ1v) is 8.71. The van der Waals surface area contributed by atoms with Gasteiger partial charge in [0.25, 0.3) is 5.91 Å². The van der Waals surface area contributed by atoms with E-state index in [9.17, 15) is 9.59 Å². The van der Waals surface area contributed by atoms with Crippen LogP contribution in [0.1, 0.15) is 27.5 Å². The Hall–Kier alpha value is -2.74. The van der Waals surface area contributed by atoms with Crippen LogP contribution < -0.4 is 0 Å². The highest BCUT2D eigenvalue weighted by Crippen LogP contribution is 2.30. The predicted octanol–water partition coefficient (Wildman–Crippen LogP) is 0.413. The molecular weight excluding hydrogens is 334 g/mol. The molecule has 0 saturated carbocycles. The minimum Gasteiger partial charge on any atom is -0.378 e. The van der Waals surface area contributed by atoms with Crippen molar-refractivity contribution in [3.8, 4) is 0 Å². The maximum Gasteiger partial charge on any atom is 0.254 e. The first-order chi connectivity index (χ1) is 12.6. The molecule has 2 aromatic rings. The number of fused-ring (bicyclic) bond motifs is 1. The van der Waals surface area contributed by atoms with Gasteiger partial charge in [-0.2, -0.15) is 5.10 Å². The summed E-state index contributed by atoms with van der Waals surface area (Å²) in [4.78, 5) is 33.5. The fourth-order valence-electron chi connectivity index (χ4n) is 3.58. The number of aromatic nitrogens is 3. The summed E-state index contributed by atoms with van der Waals surface area (Å²) in [5.74, 6) is -0.522. The first kappa shape index (κ1) is 16.7. The molecule has 8 nitrogen and oxygen atoms in total. The zero-order chi connectivity index (χ0) is 18.1. The van der Waals surface area contributed by atoms with Crippen LogP contribution in [0.15, 0.2) is 30.7 Å². The number of ether oxygens (including phenoxy) is 1. The molecule has 0 N–H and O–H groups in total. The van der Waals surface area contributed by atoms with Gasteiger partial charge in [0.2, 0.25) is 5.91 Å². The van der Waals surface area contributed by atoms with Crippen molar-refractivity contribution in [2.45, 2.75) is 12.5 Å². The molecule has 0 aromatic carbocycles. The van der Waals surface area contributed by atoms with Crippen LogP contribution >= 0.6 is 0 Å². The van der Waals surface area contributed by atoms with Crippen molar-refractivity contribution in [3.63, 3.8) is 0 Å². The summed E-state index contributed by atoms with van der Waals surface area (Å²) in [5, 5.41) is 4.51. The third kappa shape index (κ3) is 3.08. The van der Waals surface area contributed by atoms with Gasteiger partial charge in [-0.25, -0.2) is 0 Å². The summed E-state index contributed by atoms with van der Waals surface area (Å²) >= 11 is 0. The summed E-state index contributed by atoms with van der Waals surface area (Å²) in [6.07, 6.45) is 5.09. The highest BCUT2D eigenvalue weighted by Gasteiger charge is 2.37. The molecule has 2 aliphatic heterocycles. The van der Waals surface area contributed by atoms with Crippen molar-refractivity contribution in [2.24, 2.45) is 7.05 Å². The Morgan fingerprint density at radius 1 is 1.15 bits per heavy atom. The van der Waals surface area contributed by atoms with Gasteiger partial charge in [-0.1, -0.05) is 0 Å². The van der Waals surface area contributed by atoms with E-state index in [1.54, 1.807) is 34.1 Å². The van der Waals surface area contributed by atoms with Crippen molar-refractivity contribution in [1.29, 1.82) is 0 Å². The van der Waals surface area contributed by atoms with Gasteiger partial charge >= 0.3 is 0 Å². The van der Waals surface area contributed by atoms with E-state index < -0.39 is 5.92 Å². The van der Waals surface area contributed by atoms with Gasteiger partial charge in [-0.05, 0) is 12.1 Å². The lowest BCUT2D eigenvalue weighted by Gasteiger charge is -2.35. The molecule has 0 spiro atoms. The fraction of sp³-hybridized carbons (Fsp3) is 0.444. The van der Waals surface area contributed by atoms with Crippen LogP contribution in [-0.4, -0.2) is 69.2 Å². The Morgan fingerprint density at radius 2 is 1.88 bits per heavy atom. The third-order valence-corrected chi connectivity index (χ3v) is 4.87. The Balaban J connectivity index is 1.62. The maximum absolute atomic E-state index is 13.1. The molecule has 1 fully saturated rings. The molecular formula is C18H21N5O3. The Labute approximate surface area is 151 Å². The van der Waals surface area contributed by atoms with E-state index in [1.165, 1.54) is 0 Å². The average molecular weight is 355 g/mol. The minimum absolute atomic E-state index is 0.0143. The van der Waals surface area contributed by atoms with Crippen LogP contribution in [0.25, 0.3) is 0 Å². The zero-order valence-electron chi connectivity index (χ0n) is 14.7. The number of hydrogen-bond donors (Lipinski definition) is 0. The van der Waals surface area contributed by atoms with Crippen molar-refractivity contribution >= 4 is 11.8 Å². The van der Waals surface area contributed by atoms with Gasteiger partial charge in [0, 0.05) is 62.9 Å². The van der Waals surface area contributed by atoms with Crippen LogP contribution in [0.3, 0.4) is 0 Å². The van der Waals surface area contributed by atoms with E-state index in [2.05, 4.69) is 10.1 Å². The van der Waals surface area contributed by atoms with Crippen LogP contribution in [0, 0.1) is 0 Å². The number of morpholine rings is 1. The molecule has 4 heterocycles. The molecule has 0 radical (unpaired) electrons. The normalized spacial score (nSPS) is 20.0. The third-order valence-electron chi connectivity index (χ3n) is 4.87. The van der Waals surface area contributed by atoms with E-state index in [1.807, 2.05) is 18.1 Å². The van der Waals surface area contributed by atoms with Gasteiger partial charge < -0.3 is 14.5 Å². The monoisotopic (exact) mass is 355 g/mol. The van der Waals surface area contributed by atoms with Crippen LogP contribution in [-0.2, 0) is 23.1 Å². The highest BCUT2D eigenvalue weighted by molar-refractivity contribution is 5.95. The number of hydrogen-bond acceptors (Lipinski definition) is 5. The Morgan fingerprint density at radius 3 is 2.62 bits per heavy atom. The van der Waals surface area contributed by atoms with Crippen molar-refractivity contribution in [2.75, 3.05) is 32.8 Å². The molecule has 26 heavy (non-hydrogen) atoms. The Bertz CT molecular complexity index is 813. The fourth-order valence-corrected chi connectivity index (χ4v) is 3.58. The number of nitrogens with zero attached hydrogens (tertiary/aromatic N) is 5. The minimum atomic E-state index is -0.441. The molecule has 1 saturated heterocycles. The number of amides is 2. The molecule has 136 valence electrons. The zero-order valence-corrected chi connectivity index (χ0v) is 14.7. The van der Waals surface area contributed by atoms with E-state index in [0.717, 1.165) is 11.3 Å². The summed E-state index contributed by atoms with van der Waals surface area (Å²) in [5.41, 5.74) is 2.28. The molecule has 0 aliphatic carbocycles. The van der Waals surface area contributed by atoms with E-state index in [4.69, 9.17) is 4.74 Å². The predicted molar refractivity (Wildman–Crippen MR) is 92.3 cm³/mol. The van der Waals surface area contributed by atoms with E-state index in [0.29, 0.717) is 45.0 Å². The van der Waals surface area contributed by atoms with Crippen molar-refractivity contribution in [3.05, 3.63) is 47.5 Å². The molecule has 4 rings (SSSR count). The Kier molecular flexibility index (Phi) is 4.42. The SMILES string of the molecule is Cn1cc2c(n1)C(C(=O)N1CCOCC1)CN(C(=O)c1ccncc1)C2. The lowest BCUT2D eigenvalue weighted by molar-refractivity contribution is -0.137. The standard InChI is InChI=1S/C18H21N5O3/c1-21-10-14-11-23(17(24)13-2-4-19-5-3-13)12-15(16(14)20-21)18(25)22-6-8-26-9-7-22/h2-5,10,15H,6-9,11-12H2,1H3. The van der Waals surface area contributed by atoms with Gasteiger partial charge in [0.1, 0.15) is 5.92 Å².